The van der Waals surface area contributed by atoms with Gasteiger partial charge in [0.25, 0.3) is 11.8 Å². The lowest BCUT2D eigenvalue weighted by atomic mass is 9.97. The van der Waals surface area contributed by atoms with Crippen LogP contribution in [0.4, 0.5) is 4.39 Å². The van der Waals surface area contributed by atoms with E-state index in [9.17, 15) is 14.0 Å². The zero-order valence-corrected chi connectivity index (χ0v) is 18.4. The molecular weight excluding hydrogens is 429 g/mol. The Balaban J connectivity index is 1.40. The number of amides is 2. The van der Waals surface area contributed by atoms with E-state index in [1.165, 1.54) is 29.5 Å². The maximum Gasteiger partial charge on any atom is 0.275 e. The lowest BCUT2D eigenvalue weighted by molar-refractivity contribution is 0.0600. The zero-order valence-electron chi connectivity index (χ0n) is 16.9. The average molecular weight is 452 g/mol. The van der Waals surface area contributed by atoms with Crippen LogP contribution < -0.4 is 0 Å². The van der Waals surface area contributed by atoms with Crippen molar-refractivity contribution < 1.29 is 18.7 Å². The largest absolute Gasteiger partial charge is 0.359 e. The molecule has 1 aromatic heterocycles. The van der Waals surface area contributed by atoms with E-state index in [1.54, 1.807) is 15.2 Å². The highest BCUT2D eigenvalue weighted by Gasteiger charge is 2.38. The van der Waals surface area contributed by atoms with Crippen molar-refractivity contribution in [2.75, 3.05) is 26.4 Å². The van der Waals surface area contributed by atoms with E-state index in [0.717, 1.165) is 5.01 Å². The molecule has 0 aliphatic carbocycles. The molecule has 9 heteroatoms. The molecule has 2 aliphatic rings. The van der Waals surface area contributed by atoms with Gasteiger partial charge in [0.1, 0.15) is 18.2 Å². The van der Waals surface area contributed by atoms with Gasteiger partial charge in [-0.2, -0.15) is 0 Å². The maximum absolute atomic E-state index is 14.1. The van der Waals surface area contributed by atoms with Crippen LogP contribution in [0.5, 0.6) is 0 Å². The van der Waals surface area contributed by atoms with E-state index in [-0.39, 0.29) is 40.6 Å². The number of thiazole rings is 1. The van der Waals surface area contributed by atoms with Crippen molar-refractivity contribution in [3.8, 4) is 0 Å². The van der Waals surface area contributed by atoms with Gasteiger partial charge < -0.3 is 14.5 Å². The van der Waals surface area contributed by atoms with Crippen LogP contribution in [-0.2, 0) is 4.74 Å². The molecule has 3 heterocycles. The number of hydrogen-bond donors (Lipinski definition) is 0. The fraction of sp³-hybridized carbons (Fsp3) is 0.476. The van der Waals surface area contributed by atoms with Gasteiger partial charge in [-0.05, 0) is 38.8 Å². The third-order valence-electron chi connectivity index (χ3n) is 5.70. The Morgan fingerprint density at radius 3 is 2.63 bits per heavy atom. The van der Waals surface area contributed by atoms with Crippen molar-refractivity contribution in [2.45, 2.75) is 38.1 Å². The molecule has 2 aliphatic heterocycles. The smallest absolute Gasteiger partial charge is 0.275 e. The maximum atomic E-state index is 14.1. The molecule has 4 rings (SSSR count). The first-order valence-electron chi connectivity index (χ1n) is 9.86. The molecule has 2 amide bonds. The Morgan fingerprint density at radius 1 is 1.27 bits per heavy atom. The number of ether oxygens (including phenoxy) is 1. The Hall–Kier alpha value is -2.03. The second-order valence-electron chi connectivity index (χ2n) is 8.26. The van der Waals surface area contributed by atoms with Crippen molar-refractivity contribution >= 4 is 34.8 Å². The van der Waals surface area contributed by atoms with Gasteiger partial charge in [0.15, 0.2) is 0 Å². The van der Waals surface area contributed by atoms with Crippen molar-refractivity contribution in [3.63, 3.8) is 0 Å². The van der Waals surface area contributed by atoms with Crippen LogP contribution in [0.2, 0.25) is 5.02 Å². The minimum atomic E-state index is -0.605. The highest BCUT2D eigenvalue weighted by molar-refractivity contribution is 7.09. The van der Waals surface area contributed by atoms with Crippen LogP contribution in [0.25, 0.3) is 0 Å². The Morgan fingerprint density at radius 2 is 2.00 bits per heavy atom. The third-order valence-corrected chi connectivity index (χ3v) is 7.02. The molecule has 0 spiro atoms. The minimum absolute atomic E-state index is 0.0739. The monoisotopic (exact) mass is 451 g/mol. The number of likely N-dealkylation sites (tertiary alicyclic amines) is 1. The summed E-state index contributed by atoms with van der Waals surface area (Å²) in [4.78, 5) is 33.4. The quantitative estimate of drug-likeness (QED) is 0.702. The molecule has 160 valence electrons. The number of nitrogens with zero attached hydrogens (tertiary/aromatic N) is 3. The summed E-state index contributed by atoms with van der Waals surface area (Å²) in [5.41, 5.74) is 0.0148. The Labute approximate surface area is 183 Å². The summed E-state index contributed by atoms with van der Waals surface area (Å²) in [6.45, 7) is 5.71. The molecule has 0 atom stereocenters. The standard InChI is InChI=1S/C21H23ClFN3O3S/c1-21(2)11-29-12-26(21)19(27)16-10-30-18(24-16)13-6-8-25(9-7-13)20(28)17-14(22)4-3-5-15(17)23/h3-5,10,13H,6-9,11-12H2,1-2H3. The minimum Gasteiger partial charge on any atom is -0.359 e. The molecule has 2 aromatic rings. The summed E-state index contributed by atoms with van der Waals surface area (Å²) >= 11 is 7.50. The van der Waals surface area contributed by atoms with E-state index < -0.39 is 5.82 Å². The van der Waals surface area contributed by atoms with Gasteiger partial charge >= 0.3 is 0 Å². The van der Waals surface area contributed by atoms with Gasteiger partial charge in [0, 0.05) is 24.4 Å². The van der Waals surface area contributed by atoms with Gasteiger partial charge in [-0.1, -0.05) is 17.7 Å². The number of carbonyl (C=O) groups excluding carboxylic acids is 2. The van der Waals surface area contributed by atoms with Crippen LogP contribution in [-0.4, -0.2) is 58.6 Å². The van der Waals surface area contributed by atoms with Crippen molar-refractivity contribution in [1.82, 2.24) is 14.8 Å². The first kappa shape index (κ1) is 21.2. The number of piperidine rings is 1. The lowest BCUT2D eigenvalue weighted by Crippen LogP contribution is -2.44. The molecule has 2 saturated heterocycles. The van der Waals surface area contributed by atoms with E-state index >= 15 is 0 Å². The van der Waals surface area contributed by atoms with Gasteiger partial charge in [-0.3, -0.25) is 9.59 Å². The van der Waals surface area contributed by atoms with Gasteiger partial charge in [0.05, 0.1) is 27.7 Å². The van der Waals surface area contributed by atoms with Gasteiger partial charge in [-0.15, -0.1) is 11.3 Å². The predicted octanol–water partition coefficient (Wildman–Crippen LogP) is 4.16. The molecule has 2 fully saturated rings. The van der Waals surface area contributed by atoms with Crippen LogP contribution >= 0.6 is 22.9 Å². The summed E-state index contributed by atoms with van der Waals surface area (Å²) in [7, 11) is 0. The third kappa shape index (κ3) is 3.96. The van der Waals surface area contributed by atoms with E-state index in [2.05, 4.69) is 4.98 Å². The molecular formula is C21H23ClFN3O3S. The molecule has 0 radical (unpaired) electrons. The molecule has 30 heavy (non-hydrogen) atoms. The molecule has 0 N–H and O–H groups in total. The van der Waals surface area contributed by atoms with E-state index in [0.29, 0.717) is 38.2 Å². The summed E-state index contributed by atoms with van der Waals surface area (Å²) in [6, 6.07) is 4.25. The molecule has 0 bridgehead atoms. The highest BCUT2D eigenvalue weighted by Crippen LogP contribution is 2.33. The van der Waals surface area contributed by atoms with Crippen molar-refractivity contribution in [3.05, 3.63) is 50.7 Å². The van der Waals surface area contributed by atoms with E-state index in [4.69, 9.17) is 16.3 Å². The van der Waals surface area contributed by atoms with Crippen LogP contribution in [0.1, 0.15) is 58.5 Å². The zero-order chi connectivity index (χ0) is 21.5. The summed E-state index contributed by atoms with van der Waals surface area (Å²) < 4.78 is 19.5. The molecule has 6 nitrogen and oxygen atoms in total. The highest BCUT2D eigenvalue weighted by atomic mass is 35.5. The molecule has 1 aromatic carbocycles. The second kappa shape index (κ2) is 8.24. The van der Waals surface area contributed by atoms with Crippen molar-refractivity contribution in [1.29, 1.82) is 0 Å². The topological polar surface area (TPSA) is 62.7 Å². The van der Waals surface area contributed by atoms with Crippen LogP contribution in [0.3, 0.4) is 0 Å². The average Bonchev–Trinajstić information content (AvgIpc) is 3.34. The first-order valence-corrected chi connectivity index (χ1v) is 11.1. The fourth-order valence-electron chi connectivity index (χ4n) is 3.87. The Bertz CT molecular complexity index is 952. The number of benzene rings is 1. The number of aromatic nitrogens is 1. The number of hydrogen-bond acceptors (Lipinski definition) is 5. The summed E-state index contributed by atoms with van der Waals surface area (Å²) in [6.07, 6.45) is 1.41. The van der Waals surface area contributed by atoms with Gasteiger partial charge in [-0.25, -0.2) is 9.37 Å². The number of rotatable bonds is 3. The number of carbonyl (C=O) groups is 2. The van der Waals surface area contributed by atoms with Crippen LogP contribution in [0.15, 0.2) is 23.6 Å². The fourth-order valence-corrected chi connectivity index (χ4v) is 5.08. The van der Waals surface area contributed by atoms with Crippen LogP contribution in [0, 0.1) is 5.82 Å². The lowest BCUT2D eigenvalue weighted by Gasteiger charge is -2.31. The molecule has 0 unspecified atom stereocenters. The molecule has 0 saturated carbocycles. The number of halogens is 2. The predicted molar refractivity (Wildman–Crippen MR) is 112 cm³/mol. The SMILES string of the molecule is CC1(C)COCN1C(=O)c1csc(C2CCN(C(=O)c3c(F)cccc3Cl)CC2)n1. The summed E-state index contributed by atoms with van der Waals surface area (Å²) in [5, 5.41) is 2.81. The normalized spacial score (nSPS) is 19.3. The Kier molecular flexibility index (Phi) is 5.83. The summed E-state index contributed by atoms with van der Waals surface area (Å²) in [5.74, 6) is -0.948. The van der Waals surface area contributed by atoms with Crippen molar-refractivity contribution in [2.24, 2.45) is 0 Å². The second-order valence-corrected chi connectivity index (χ2v) is 9.55. The van der Waals surface area contributed by atoms with E-state index in [1.807, 2.05) is 13.8 Å². The first-order chi connectivity index (χ1) is 14.3. The van der Waals surface area contributed by atoms with Gasteiger partial charge in [0.2, 0.25) is 0 Å².